The number of hydrogen-bond donors (Lipinski definition) is 2. The van der Waals surface area contributed by atoms with Gasteiger partial charge in [0.1, 0.15) is 11.4 Å². The summed E-state index contributed by atoms with van der Waals surface area (Å²) >= 11 is 0. The molecule has 0 bridgehead atoms. The predicted molar refractivity (Wildman–Crippen MR) is 72.6 cm³/mol. The minimum Gasteiger partial charge on any atom is -0.465 e. The molecule has 5 heteroatoms. The summed E-state index contributed by atoms with van der Waals surface area (Å²) in [4.78, 5) is 15.7. The van der Waals surface area contributed by atoms with Gasteiger partial charge in [-0.1, -0.05) is 20.8 Å². The van der Waals surface area contributed by atoms with E-state index in [4.69, 9.17) is 10.5 Å². The van der Waals surface area contributed by atoms with Crippen LogP contribution in [0.4, 0.5) is 11.5 Å². The predicted octanol–water partition coefficient (Wildman–Crippen LogP) is 2.30. The van der Waals surface area contributed by atoms with E-state index in [1.807, 2.05) is 0 Å². The Balaban J connectivity index is 2.79. The minimum absolute atomic E-state index is 0.228. The number of carbonyl (C=O) groups excluding carboxylic acids is 1. The number of rotatable bonds is 4. The number of nitrogens with zero attached hydrogens (tertiary/aromatic N) is 1. The van der Waals surface area contributed by atoms with Crippen LogP contribution >= 0.6 is 0 Å². The molecule has 1 aromatic rings. The van der Waals surface area contributed by atoms with E-state index in [1.54, 1.807) is 6.07 Å². The zero-order valence-electron chi connectivity index (χ0n) is 11.4. The highest BCUT2D eigenvalue weighted by atomic mass is 16.5. The number of hydrogen-bond acceptors (Lipinski definition) is 5. The Hall–Kier alpha value is -1.78. The monoisotopic (exact) mass is 251 g/mol. The van der Waals surface area contributed by atoms with Crippen molar-refractivity contribution in [1.29, 1.82) is 0 Å². The number of anilines is 2. The first-order chi connectivity index (χ1) is 8.33. The summed E-state index contributed by atoms with van der Waals surface area (Å²) in [5, 5.41) is 3.14. The average Bonchev–Trinajstić information content (AvgIpc) is 2.28. The van der Waals surface area contributed by atoms with Crippen LogP contribution in [0.3, 0.4) is 0 Å². The zero-order valence-corrected chi connectivity index (χ0v) is 11.4. The number of nitrogen functional groups attached to an aromatic ring is 1. The van der Waals surface area contributed by atoms with Gasteiger partial charge in [-0.15, -0.1) is 0 Å². The maximum absolute atomic E-state index is 11.6. The number of nitrogens with one attached hydrogen (secondary N) is 1. The number of esters is 1. The highest BCUT2D eigenvalue weighted by molar-refractivity contribution is 5.95. The number of nitrogens with two attached hydrogens (primary N) is 1. The van der Waals surface area contributed by atoms with Crippen LogP contribution in [0.5, 0.6) is 0 Å². The lowest BCUT2D eigenvalue weighted by atomic mass is 9.92. The Morgan fingerprint density at radius 1 is 1.50 bits per heavy atom. The molecule has 0 spiro atoms. The van der Waals surface area contributed by atoms with Gasteiger partial charge in [0.15, 0.2) is 0 Å². The van der Waals surface area contributed by atoms with Crippen molar-refractivity contribution in [2.45, 2.75) is 27.2 Å². The lowest BCUT2D eigenvalue weighted by Crippen LogP contribution is -2.16. The van der Waals surface area contributed by atoms with E-state index in [-0.39, 0.29) is 5.41 Å². The minimum atomic E-state index is -0.437. The van der Waals surface area contributed by atoms with Gasteiger partial charge in [0.2, 0.25) is 0 Å². The number of aromatic nitrogens is 1. The molecule has 0 aliphatic carbocycles. The van der Waals surface area contributed by atoms with Crippen molar-refractivity contribution in [3.05, 3.63) is 17.8 Å². The van der Waals surface area contributed by atoms with Gasteiger partial charge in [-0.25, -0.2) is 9.78 Å². The van der Waals surface area contributed by atoms with Gasteiger partial charge in [0.05, 0.1) is 19.0 Å². The Bertz CT molecular complexity index is 425. The quantitative estimate of drug-likeness (QED) is 0.803. The van der Waals surface area contributed by atoms with Crippen LogP contribution < -0.4 is 11.1 Å². The molecule has 0 aromatic carbocycles. The van der Waals surface area contributed by atoms with Crippen LogP contribution in [0.1, 0.15) is 37.6 Å². The molecule has 0 fully saturated rings. The second-order valence-corrected chi connectivity index (χ2v) is 5.39. The van der Waals surface area contributed by atoms with E-state index in [0.717, 1.165) is 13.0 Å². The van der Waals surface area contributed by atoms with E-state index in [1.165, 1.54) is 13.3 Å². The van der Waals surface area contributed by atoms with Gasteiger partial charge >= 0.3 is 5.97 Å². The molecule has 0 aliphatic rings. The zero-order chi connectivity index (χ0) is 13.8. The fraction of sp³-hybridized carbons (Fsp3) is 0.538. The first-order valence-corrected chi connectivity index (χ1v) is 5.91. The lowest BCUT2D eigenvalue weighted by Gasteiger charge is -2.19. The maximum Gasteiger partial charge on any atom is 0.341 e. The molecule has 100 valence electrons. The largest absolute Gasteiger partial charge is 0.465 e. The van der Waals surface area contributed by atoms with Crippen LogP contribution in [0.15, 0.2) is 12.3 Å². The summed E-state index contributed by atoms with van der Waals surface area (Å²) in [6.07, 6.45) is 2.49. The topological polar surface area (TPSA) is 77.2 Å². The molecule has 5 nitrogen and oxygen atoms in total. The normalized spacial score (nSPS) is 11.1. The molecule has 0 atom stereocenters. The highest BCUT2D eigenvalue weighted by Gasteiger charge is 2.15. The molecule has 0 radical (unpaired) electrons. The van der Waals surface area contributed by atoms with Crippen molar-refractivity contribution in [2.75, 3.05) is 24.7 Å². The van der Waals surface area contributed by atoms with Crippen molar-refractivity contribution in [3.63, 3.8) is 0 Å². The highest BCUT2D eigenvalue weighted by Crippen LogP contribution is 2.20. The summed E-state index contributed by atoms with van der Waals surface area (Å²) in [5.74, 6) is 0.0772. The third kappa shape index (κ3) is 4.24. The SMILES string of the molecule is COC(=O)c1cc(N)cnc1NCCC(C)(C)C. The molecular weight excluding hydrogens is 230 g/mol. The summed E-state index contributed by atoms with van der Waals surface area (Å²) < 4.78 is 4.70. The van der Waals surface area contributed by atoms with Crippen LogP contribution in [-0.2, 0) is 4.74 Å². The molecule has 0 saturated carbocycles. The van der Waals surface area contributed by atoms with E-state index in [9.17, 15) is 4.79 Å². The lowest BCUT2D eigenvalue weighted by molar-refractivity contribution is 0.0601. The second kappa shape index (κ2) is 5.71. The smallest absolute Gasteiger partial charge is 0.341 e. The number of ether oxygens (including phenoxy) is 1. The summed E-state index contributed by atoms with van der Waals surface area (Å²) in [5.41, 5.74) is 6.66. The molecule has 0 aliphatic heterocycles. The fourth-order valence-corrected chi connectivity index (χ4v) is 1.44. The first kappa shape index (κ1) is 14.3. The van der Waals surface area contributed by atoms with Crippen molar-refractivity contribution in [3.8, 4) is 0 Å². The maximum atomic E-state index is 11.6. The third-order valence-corrected chi connectivity index (χ3v) is 2.48. The van der Waals surface area contributed by atoms with Gasteiger partial charge in [-0.3, -0.25) is 0 Å². The van der Waals surface area contributed by atoms with Crippen molar-refractivity contribution >= 4 is 17.5 Å². The van der Waals surface area contributed by atoms with Gasteiger partial charge in [0.25, 0.3) is 0 Å². The van der Waals surface area contributed by atoms with Crippen molar-refractivity contribution < 1.29 is 9.53 Å². The van der Waals surface area contributed by atoms with Crippen LogP contribution in [0.2, 0.25) is 0 Å². The van der Waals surface area contributed by atoms with E-state index in [0.29, 0.717) is 17.1 Å². The molecule has 0 amide bonds. The molecule has 0 saturated heterocycles. The first-order valence-electron chi connectivity index (χ1n) is 5.91. The summed E-state index contributed by atoms with van der Waals surface area (Å²) in [7, 11) is 1.34. The molecule has 18 heavy (non-hydrogen) atoms. The van der Waals surface area contributed by atoms with Crippen LogP contribution in [0, 0.1) is 5.41 Å². The van der Waals surface area contributed by atoms with Gasteiger partial charge in [0, 0.05) is 6.54 Å². The van der Waals surface area contributed by atoms with E-state index >= 15 is 0 Å². The fourth-order valence-electron chi connectivity index (χ4n) is 1.44. The number of pyridine rings is 1. The molecular formula is C13H21N3O2. The average molecular weight is 251 g/mol. The Morgan fingerprint density at radius 2 is 2.17 bits per heavy atom. The second-order valence-electron chi connectivity index (χ2n) is 5.39. The standard InChI is InChI=1S/C13H21N3O2/c1-13(2,3)5-6-15-11-10(12(17)18-4)7-9(14)8-16-11/h7-8H,5-6,14H2,1-4H3,(H,15,16). The number of carbonyl (C=O) groups is 1. The molecule has 1 rings (SSSR count). The van der Waals surface area contributed by atoms with Crippen molar-refractivity contribution in [1.82, 2.24) is 4.98 Å². The number of methoxy groups -OCH3 is 1. The van der Waals surface area contributed by atoms with E-state index < -0.39 is 5.97 Å². The van der Waals surface area contributed by atoms with Gasteiger partial charge in [-0.2, -0.15) is 0 Å². The third-order valence-electron chi connectivity index (χ3n) is 2.48. The van der Waals surface area contributed by atoms with Gasteiger partial charge < -0.3 is 15.8 Å². The molecule has 0 unspecified atom stereocenters. The Morgan fingerprint density at radius 3 is 2.72 bits per heavy atom. The summed E-state index contributed by atoms with van der Waals surface area (Å²) in [6.45, 7) is 7.22. The Kier molecular flexibility index (Phi) is 4.53. The molecule has 3 N–H and O–H groups in total. The van der Waals surface area contributed by atoms with Crippen LogP contribution in [-0.4, -0.2) is 24.6 Å². The van der Waals surface area contributed by atoms with Gasteiger partial charge in [-0.05, 0) is 17.9 Å². The molecule has 1 aromatic heterocycles. The molecule has 1 heterocycles. The van der Waals surface area contributed by atoms with Crippen LogP contribution in [0.25, 0.3) is 0 Å². The summed E-state index contributed by atoms with van der Waals surface area (Å²) in [6, 6.07) is 1.57. The van der Waals surface area contributed by atoms with Crippen molar-refractivity contribution in [2.24, 2.45) is 5.41 Å². The van der Waals surface area contributed by atoms with E-state index in [2.05, 4.69) is 31.1 Å². The Labute approximate surface area is 108 Å².